The van der Waals surface area contributed by atoms with Gasteiger partial charge in [0.15, 0.2) is 0 Å². The van der Waals surface area contributed by atoms with E-state index in [1.54, 1.807) is 0 Å². The second kappa shape index (κ2) is 36.1. The molecule has 27 heavy (non-hydrogen) atoms. The molecule has 0 aromatic heterocycles. The number of aliphatic carboxylic acids is 3. The van der Waals surface area contributed by atoms with Gasteiger partial charge in [0.05, 0.1) is 0 Å². The van der Waals surface area contributed by atoms with Gasteiger partial charge >= 0.3 is 17.9 Å². The molecule has 0 saturated heterocycles. The normalized spacial score (nSPS) is 8.33. The molecule has 0 spiro atoms. The zero-order valence-electron chi connectivity index (χ0n) is 17.5. The predicted octanol–water partition coefficient (Wildman–Crippen LogP) is 4.56. The third-order valence-electron chi connectivity index (χ3n) is 2.98. The van der Waals surface area contributed by atoms with Crippen molar-refractivity contribution in [3.05, 3.63) is 0 Å². The Bertz CT molecular complexity index is 263. The first-order chi connectivity index (χ1) is 12.3. The van der Waals surface area contributed by atoms with Gasteiger partial charge in [-0.25, -0.2) is 0 Å². The Morgan fingerprint density at radius 2 is 0.704 bits per heavy atom. The third kappa shape index (κ3) is 67.4. The Balaban J connectivity index is -0.0000000840. The van der Waals surface area contributed by atoms with Crippen molar-refractivity contribution in [1.82, 2.24) is 0 Å². The number of hydrogen-bond acceptors (Lipinski definition) is 4. The molecule has 0 amide bonds. The van der Waals surface area contributed by atoms with Gasteiger partial charge in [-0.2, -0.15) is 0 Å². The van der Waals surface area contributed by atoms with Crippen molar-refractivity contribution in [3.63, 3.8) is 0 Å². The van der Waals surface area contributed by atoms with E-state index < -0.39 is 17.9 Å². The number of carboxylic acids is 3. The van der Waals surface area contributed by atoms with Crippen LogP contribution in [0.1, 0.15) is 97.8 Å². The van der Waals surface area contributed by atoms with Gasteiger partial charge in [-0.3, -0.25) is 14.4 Å². The molecule has 0 atom stereocenters. The molecule has 162 valence electrons. The van der Waals surface area contributed by atoms with Crippen molar-refractivity contribution in [2.24, 2.45) is 0 Å². The number of aliphatic hydroxyl groups excluding tert-OH is 1. The largest absolute Gasteiger partial charge is 0.481 e. The van der Waals surface area contributed by atoms with Crippen LogP contribution in [0.25, 0.3) is 0 Å². The molecule has 0 aliphatic heterocycles. The van der Waals surface area contributed by atoms with Gasteiger partial charge in [0.25, 0.3) is 0 Å². The number of hydrogen-bond donors (Lipinski definition) is 4. The zero-order valence-corrected chi connectivity index (χ0v) is 19.1. The van der Waals surface area contributed by atoms with Crippen LogP contribution in [-0.4, -0.2) is 45.4 Å². The Hall–Kier alpha value is -0.916. The van der Waals surface area contributed by atoms with E-state index in [-0.39, 0.29) is 21.7 Å². The number of rotatable bonds is 12. The zero-order chi connectivity index (χ0) is 21.2. The van der Waals surface area contributed by atoms with Gasteiger partial charge in [-0.1, -0.05) is 59.3 Å². The molecule has 0 aliphatic rings. The van der Waals surface area contributed by atoms with Crippen molar-refractivity contribution < 1.29 is 56.5 Å². The number of unbranched alkanes of at least 4 members (excludes halogenated alkanes) is 6. The Morgan fingerprint density at radius 1 is 0.519 bits per heavy atom. The standard InChI is InChI=1S/3C6H12O2.CH4O.Ti/c3*1-2-3-4-5-6(7)8;1-2;/h3*2-5H2,1H3,(H,7,8);2H,1H3;. The van der Waals surface area contributed by atoms with Crippen LogP contribution < -0.4 is 0 Å². The average Bonchev–Trinajstić information content (AvgIpc) is 2.58. The van der Waals surface area contributed by atoms with Crippen LogP contribution >= 0.6 is 0 Å². The number of aliphatic hydroxyl groups is 1. The molecule has 0 saturated carbocycles. The summed E-state index contributed by atoms with van der Waals surface area (Å²) in [6.07, 6.45) is 9.83. The maximum atomic E-state index is 9.87. The van der Waals surface area contributed by atoms with Crippen LogP contribution in [0, 0.1) is 0 Å². The summed E-state index contributed by atoms with van der Waals surface area (Å²) < 4.78 is 0. The van der Waals surface area contributed by atoms with Gasteiger partial charge in [0.2, 0.25) is 0 Å². The predicted molar refractivity (Wildman–Crippen MR) is 103 cm³/mol. The minimum atomic E-state index is -0.682. The smallest absolute Gasteiger partial charge is 0.303 e. The molecule has 7 nitrogen and oxygen atoms in total. The van der Waals surface area contributed by atoms with E-state index in [9.17, 15) is 14.4 Å². The summed E-state index contributed by atoms with van der Waals surface area (Å²) in [5, 5.41) is 31.4. The summed E-state index contributed by atoms with van der Waals surface area (Å²) >= 11 is 0. The SMILES string of the molecule is CCCCCC(=O)O.CCCCCC(=O)O.CCCCCC(=O)O.CO.[Ti]. The van der Waals surface area contributed by atoms with Crippen LogP contribution in [-0.2, 0) is 36.1 Å². The van der Waals surface area contributed by atoms with Gasteiger partial charge in [-0.15, -0.1) is 0 Å². The van der Waals surface area contributed by atoms with Crippen molar-refractivity contribution >= 4 is 17.9 Å². The van der Waals surface area contributed by atoms with Gasteiger partial charge < -0.3 is 20.4 Å². The molecule has 0 radical (unpaired) electrons. The molecule has 8 heteroatoms. The fourth-order valence-electron chi connectivity index (χ4n) is 1.58. The van der Waals surface area contributed by atoms with Crippen LogP contribution in [0.15, 0.2) is 0 Å². The van der Waals surface area contributed by atoms with E-state index in [1.807, 2.05) is 0 Å². The molecule has 0 unspecified atom stereocenters. The number of carboxylic acid groups (broad SMARTS) is 3. The summed E-state index contributed by atoms with van der Waals surface area (Å²) in [6, 6.07) is 0. The Kier molecular flexibility index (Phi) is 49.3. The summed E-state index contributed by atoms with van der Waals surface area (Å²) in [4.78, 5) is 29.6. The van der Waals surface area contributed by atoms with E-state index in [1.165, 1.54) is 0 Å². The number of carbonyl (C=O) groups is 3. The molecule has 0 aliphatic carbocycles. The fraction of sp³-hybridized carbons (Fsp3) is 0.842. The monoisotopic (exact) mass is 428 g/mol. The first kappa shape index (κ1) is 36.9. The summed E-state index contributed by atoms with van der Waals surface area (Å²) in [6.45, 7) is 6.17. The van der Waals surface area contributed by atoms with E-state index in [0.717, 1.165) is 64.9 Å². The summed E-state index contributed by atoms with van der Waals surface area (Å²) in [7, 11) is 1.00. The van der Waals surface area contributed by atoms with Crippen molar-refractivity contribution in [2.45, 2.75) is 97.8 Å². The maximum Gasteiger partial charge on any atom is 0.303 e. The van der Waals surface area contributed by atoms with E-state index in [4.69, 9.17) is 20.4 Å². The summed E-state index contributed by atoms with van der Waals surface area (Å²) in [5.41, 5.74) is 0. The van der Waals surface area contributed by atoms with Crippen LogP contribution in [0.4, 0.5) is 0 Å². The Morgan fingerprint density at radius 3 is 0.815 bits per heavy atom. The first-order valence-corrected chi connectivity index (χ1v) is 9.41. The molecule has 0 fully saturated rings. The van der Waals surface area contributed by atoms with Crippen molar-refractivity contribution in [3.8, 4) is 0 Å². The molecule has 0 aromatic rings. The fourth-order valence-corrected chi connectivity index (χ4v) is 1.58. The van der Waals surface area contributed by atoms with E-state index >= 15 is 0 Å². The maximum absolute atomic E-state index is 9.87. The first-order valence-electron chi connectivity index (χ1n) is 9.41. The quantitative estimate of drug-likeness (QED) is 0.265. The Labute approximate surface area is 179 Å². The van der Waals surface area contributed by atoms with Gasteiger partial charge in [0.1, 0.15) is 0 Å². The van der Waals surface area contributed by atoms with Crippen LogP contribution in [0.5, 0.6) is 0 Å². The molecule has 0 aromatic carbocycles. The topological polar surface area (TPSA) is 132 Å². The molecular weight excluding hydrogens is 388 g/mol. The average molecular weight is 428 g/mol. The van der Waals surface area contributed by atoms with E-state index in [0.29, 0.717) is 19.3 Å². The van der Waals surface area contributed by atoms with Crippen molar-refractivity contribution in [1.29, 1.82) is 0 Å². The molecule has 0 rings (SSSR count). The van der Waals surface area contributed by atoms with Crippen LogP contribution in [0.2, 0.25) is 0 Å². The minimum absolute atomic E-state index is 0. The minimum Gasteiger partial charge on any atom is -0.481 e. The molecule has 0 bridgehead atoms. The van der Waals surface area contributed by atoms with Gasteiger partial charge in [0, 0.05) is 48.1 Å². The second-order valence-corrected chi connectivity index (χ2v) is 5.55. The van der Waals surface area contributed by atoms with Crippen LogP contribution in [0.3, 0.4) is 0 Å². The van der Waals surface area contributed by atoms with E-state index in [2.05, 4.69) is 20.8 Å². The second-order valence-electron chi connectivity index (χ2n) is 5.55. The van der Waals surface area contributed by atoms with Gasteiger partial charge in [-0.05, 0) is 19.3 Å². The molecule has 4 N–H and O–H groups in total. The van der Waals surface area contributed by atoms with Crippen molar-refractivity contribution in [2.75, 3.05) is 7.11 Å². The molecular formula is C19H40O7Ti. The third-order valence-corrected chi connectivity index (χ3v) is 2.98. The summed E-state index contributed by atoms with van der Waals surface area (Å²) in [5.74, 6) is -2.05. The molecule has 0 heterocycles.